The van der Waals surface area contributed by atoms with Gasteiger partial charge in [0.2, 0.25) is 5.91 Å². The lowest BCUT2D eigenvalue weighted by Gasteiger charge is -2.37. The van der Waals surface area contributed by atoms with Crippen molar-refractivity contribution in [3.05, 3.63) is 0 Å². The van der Waals surface area contributed by atoms with E-state index < -0.39 is 0 Å². The van der Waals surface area contributed by atoms with Crippen molar-refractivity contribution in [2.75, 3.05) is 26.7 Å². The van der Waals surface area contributed by atoms with E-state index in [9.17, 15) is 4.79 Å². The summed E-state index contributed by atoms with van der Waals surface area (Å²) >= 11 is 0. The van der Waals surface area contributed by atoms with Gasteiger partial charge in [-0.25, -0.2) is 0 Å². The van der Waals surface area contributed by atoms with Gasteiger partial charge in [-0.1, -0.05) is 6.42 Å². The zero-order chi connectivity index (χ0) is 13.3. The summed E-state index contributed by atoms with van der Waals surface area (Å²) in [5, 5.41) is 0. The molecule has 0 radical (unpaired) electrons. The van der Waals surface area contributed by atoms with Crippen molar-refractivity contribution in [1.82, 2.24) is 9.80 Å². The fraction of sp³-hybridized carbons (Fsp3) is 0.929. The van der Waals surface area contributed by atoms with Crippen molar-refractivity contribution in [2.24, 2.45) is 11.1 Å². The van der Waals surface area contributed by atoms with Crippen LogP contribution in [-0.2, 0) is 4.79 Å². The summed E-state index contributed by atoms with van der Waals surface area (Å²) in [6, 6.07) is 0.341. The number of rotatable bonds is 1. The van der Waals surface area contributed by atoms with Crippen molar-refractivity contribution in [1.29, 1.82) is 0 Å². The number of amides is 1. The van der Waals surface area contributed by atoms with Gasteiger partial charge in [-0.15, -0.1) is 0 Å². The van der Waals surface area contributed by atoms with Gasteiger partial charge < -0.3 is 15.5 Å². The molecule has 0 spiro atoms. The predicted molar refractivity (Wildman–Crippen MR) is 73.2 cm³/mol. The second-order valence-electron chi connectivity index (χ2n) is 6.38. The molecule has 1 saturated carbocycles. The van der Waals surface area contributed by atoms with E-state index in [1.165, 1.54) is 0 Å². The molecule has 3 atom stereocenters. The van der Waals surface area contributed by atoms with E-state index in [0.29, 0.717) is 6.04 Å². The number of likely N-dealkylation sites (N-methyl/N-ethyl adjacent to an activating group) is 1. The Bertz CT molecular complexity index is 320. The molecule has 0 bridgehead atoms. The Labute approximate surface area is 110 Å². The van der Waals surface area contributed by atoms with Crippen molar-refractivity contribution in [2.45, 2.75) is 51.6 Å². The highest BCUT2D eigenvalue weighted by Gasteiger charge is 2.46. The minimum Gasteiger partial charge on any atom is -0.338 e. The molecule has 18 heavy (non-hydrogen) atoms. The van der Waals surface area contributed by atoms with Crippen molar-refractivity contribution >= 4 is 5.91 Å². The Balaban J connectivity index is 2.12. The molecule has 1 saturated heterocycles. The molecule has 3 unspecified atom stereocenters. The van der Waals surface area contributed by atoms with Crippen molar-refractivity contribution in [3.63, 3.8) is 0 Å². The maximum atomic E-state index is 12.8. The van der Waals surface area contributed by atoms with E-state index in [1.54, 1.807) is 0 Å². The largest absolute Gasteiger partial charge is 0.338 e. The van der Waals surface area contributed by atoms with Gasteiger partial charge in [-0.05, 0) is 46.7 Å². The van der Waals surface area contributed by atoms with Crippen LogP contribution < -0.4 is 5.73 Å². The first-order valence-electron chi connectivity index (χ1n) is 7.20. The number of carbonyl (C=O) groups is 1. The Kier molecular flexibility index (Phi) is 3.97. The van der Waals surface area contributed by atoms with Crippen molar-refractivity contribution < 1.29 is 4.79 Å². The summed E-state index contributed by atoms with van der Waals surface area (Å²) in [4.78, 5) is 17.2. The molecule has 1 aliphatic carbocycles. The van der Waals surface area contributed by atoms with Crippen LogP contribution in [0.1, 0.15) is 39.5 Å². The normalized spacial score (nSPS) is 38.8. The fourth-order valence-electron chi connectivity index (χ4n) is 3.46. The quantitative estimate of drug-likeness (QED) is 0.760. The van der Waals surface area contributed by atoms with Gasteiger partial charge in [0, 0.05) is 25.2 Å². The number of nitrogens with zero attached hydrogens (tertiary/aromatic N) is 2. The number of carbonyl (C=O) groups excluding carboxylic acids is 1. The van der Waals surface area contributed by atoms with Gasteiger partial charge in [-0.2, -0.15) is 0 Å². The Morgan fingerprint density at radius 3 is 2.67 bits per heavy atom. The first-order chi connectivity index (χ1) is 8.45. The Hall–Kier alpha value is -0.610. The maximum Gasteiger partial charge on any atom is 0.230 e. The van der Waals surface area contributed by atoms with Crippen LogP contribution >= 0.6 is 0 Å². The van der Waals surface area contributed by atoms with Gasteiger partial charge >= 0.3 is 0 Å². The molecule has 1 amide bonds. The third kappa shape index (κ3) is 2.41. The van der Waals surface area contributed by atoms with Gasteiger partial charge in [0.1, 0.15) is 0 Å². The molecule has 4 nitrogen and oxygen atoms in total. The highest BCUT2D eigenvalue weighted by Crippen LogP contribution is 2.39. The lowest BCUT2D eigenvalue weighted by Crippen LogP contribution is -2.53. The molecule has 0 aromatic rings. The minimum absolute atomic E-state index is 0.0400. The van der Waals surface area contributed by atoms with Crippen LogP contribution in [0.25, 0.3) is 0 Å². The average molecular weight is 253 g/mol. The van der Waals surface area contributed by atoms with Crippen LogP contribution in [0.3, 0.4) is 0 Å². The van der Waals surface area contributed by atoms with Crippen LogP contribution in [-0.4, -0.2) is 54.5 Å². The zero-order valence-corrected chi connectivity index (χ0v) is 12.0. The summed E-state index contributed by atoms with van der Waals surface area (Å²) in [6.45, 7) is 7.15. The van der Waals surface area contributed by atoms with Crippen LogP contribution in [0.5, 0.6) is 0 Å². The topological polar surface area (TPSA) is 49.6 Å². The molecule has 2 rings (SSSR count). The average Bonchev–Trinajstić information content (AvgIpc) is 2.56. The van der Waals surface area contributed by atoms with Crippen LogP contribution in [0.2, 0.25) is 0 Å². The third-order valence-corrected chi connectivity index (χ3v) is 4.83. The lowest BCUT2D eigenvalue weighted by molar-refractivity contribution is -0.143. The number of nitrogens with two attached hydrogens (primary N) is 1. The molecular weight excluding hydrogens is 226 g/mol. The van der Waals surface area contributed by atoms with Crippen molar-refractivity contribution in [3.8, 4) is 0 Å². The monoisotopic (exact) mass is 253 g/mol. The molecule has 0 aromatic carbocycles. The maximum absolute atomic E-state index is 12.8. The molecular formula is C14H27N3O. The number of hydrogen-bond donors (Lipinski definition) is 1. The molecule has 2 N–H and O–H groups in total. The lowest BCUT2D eigenvalue weighted by atomic mass is 9.83. The van der Waals surface area contributed by atoms with Crippen LogP contribution in [0, 0.1) is 5.41 Å². The Morgan fingerprint density at radius 2 is 2.06 bits per heavy atom. The first kappa shape index (κ1) is 13.8. The highest BCUT2D eigenvalue weighted by molar-refractivity contribution is 5.84. The van der Waals surface area contributed by atoms with E-state index in [4.69, 9.17) is 5.73 Å². The number of hydrogen-bond acceptors (Lipinski definition) is 3. The third-order valence-electron chi connectivity index (χ3n) is 4.83. The van der Waals surface area contributed by atoms with Gasteiger partial charge in [0.05, 0.1) is 5.41 Å². The molecule has 0 aromatic heterocycles. The molecule has 4 heteroatoms. The zero-order valence-electron chi connectivity index (χ0n) is 12.0. The van der Waals surface area contributed by atoms with Gasteiger partial charge in [0.25, 0.3) is 0 Å². The minimum atomic E-state index is -0.322. The first-order valence-corrected chi connectivity index (χ1v) is 7.20. The van der Waals surface area contributed by atoms with Crippen LogP contribution in [0.4, 0.5) is 0 Å². The van der Waals surface area contributed by atoms with E-state index in [2.05, 4.69) is 30.7 Å². The van der Waals surface area contributed by atoms with E-state index in [0.717, 1.165) is 45.3 Å². The second-order valence-corrected chi connectivity index (χ2v) is 6.38. The summed E-state index contributed by atoms with van der Waals surface area (Å²) in [5.74, 6) is 0.287. The summed E-state index contributed by atoms with van der Waals surface area (Å²) in [6.07, 6.45) is 4.10. The summed E-state index contributed by atoms with van der Waals surface area (Å²) in [7, 11) is 2.13. The van der Waals surface area contributed by atoms with E-state index in [1.807, 2.05) is 0 Å². The molecule has 2 fully saturated rings. The molecule has 104 valence electrons. The highest BCUT2D eigenvalue weighted by atomic mass is 16.2. The van der Waals surface area contributed by atoms with Gasteiger partial charge in [0.15, 0.2) is 0 Å². The summed E-state index contributed by atoms with van der Waals surface area (Å²) in [5.41, 5.74) is 5.85. The Morgan fingerprint density at radius 1 is 1.33 bits per heavy atom. The smallest absolute Gasteiger partial charge is 0.230 e. The predicted octanol–water partition coefficient (Wildman–Crippen LogP) is 1.06. The molecule has 2 aliphatic rings. The van der Waals surface area contributed by atoms with Crippen LogP contribution in [0.15, 0.2) is 0 Å². The standard InChI is InChI=1S/C14H27N3O/c1-11-10-16(3)8-5-9-17(11)13(18)14(2)7-4-6-12(14)15/h11-12H,4-10,15H2,1-3H3. The molecule has 1 aliphatic heterocycles. The van der Waals surface area contributed by atoms with E-state index >= 15 is 0 Å². The fourth-order valence-corrected chi connectivity index (χ4v) is 3.46. The second kappa shape index (κ2) is 5.17. The van der Waals surface area contributed by atoms with E-state index in [-0.39, 0.29) is 17.4 Å². The van der Waals surface area contributed by atoms with Gasteiger partial charge in [-0.3, -0.25) is 4.79 Å². The summed E-state index contributed by atoms with van der Waals surface area (Å²) < 4.78 is 0. The SMILES string of the molecule is CC1CN(C)CCCN1C(=O)C1(C)CCCC1N. The molecule has 1 heterocycles.